The van der Waals surface area contributed by atoms with Gasteiger partial charge in [-0.25, -0.2) is 0 Å². The van der Waals surface area contributed by atoms with E-state index in [0.29, 0.717) is 31.1 Å². The van der Waals surface area contributed by atoms with Gasteiger partial charge in [0.15, 0.2) is 11.5 Å². The molecule has 0 aromatic heterocycles. The number of fused-ring (bicyclic) bond motifs is 1. The van der Waals surface area contributed by atoms with E-state index in [0.717, 1.165) is 27.8 Å². The van der Waals surface area contributed by atoms with Crippen molar-refractivity contribution in [3.8, 4) is 17.2 Å². The van der Waals surface area contributed by atoms with Crippen LogP contribution >= 0.6 is 15.9 Å². The molecule has 2 aliphatic heterocycles. The minimum atomic E-state index is -0.795. The quantitative estimate of drug-likeness (QED) is 0.714. The average molecular weight is 448 g/mol. The summed E-state index contributed by atoms with van der Waals surface area (Å²) in [6, 6.07) is 10.9. The zero-order valence-electron chi connectivity index (χ0n) is 15.6. The summed E-state index contributed by atoms with van der Waals surface area (Å²) in [6.45, 7) is 3.38. The second-order valence-corrected chi connectivity index (χ2v) is 7.78. The molecule has 28 heavy (non-hydrogen) atoms. The fraction of sp³-hybridized carbons (Fsp3) is 0.381. The van der Waals surface area contributed by atoms with Crippen molar-refractivity contribution in [2.45, 2.75) is 31.8 Å². The van der Waals surface area contributed by atoms with Crippen LogP contribution in [-0.4, -0.2) is 42.0 Å². The van der Waals surface area contributed by atoms with Crippen molar-refractivity contribution in [2.75, 3.05) is 19.9 Å². The van der Waals surface area contributed by atoms with Gasteiger partial charge in [0.05, 0.1) is 12.6 Å². The maximum absolute atomic E-state index is 11.9. The monoisotopic (exact) mass is 447 g/mol. The predicted molar refractivity (Wildman–Crippen MR) is 107 cm³/mol. The summed E-state index contributed by atoms with van der Waals surface area (Å²) < 4.78 is 17.8. The third-order valence-electron chi connectivity index (χ3n) is 5.19. The van der Waals surface area contributed by atoms with Gasteiger partial charge >= 0.3 is 5.97 Å². The van der Waals surface area contributed by atoms with Crippen LogP contribution in [0.25, 0.3) is 0 Å². The first-order valence-corrected chi connectivity index (χ1v) is 10.2. The molecule has 2 heterocycles. The van der Waals surface area contributed by atoms with Gasteiger partial charge in [-0.1, -0.05) is 22.0 Å². The molecule has 6 nitrogen and oxygen atoms in total. The van der Waals surface area contributed by atoms with Gasteiger partial charge in [-0.3, -0.25) is 9.69 Å². The summed E-state index contributed by atoms with van der Waals surface area (Å²) in [7, 11) is 0. The molecule has 0 bridgehead atoms. The van der Waals surface area contributed by atoms with Gasteiger partial charge in [0.25, 0.3) is 0 Å². The van der Waals surface area contributed by atoms with E-state index in [1.54, 1.807) is 0 Å². The molecule has 0 spiro atoms. The number of aliphatic carboxylic acids is 1. The summed E-state index contributed by atoms with van der Waals surface area (Å²) >= 11 is 3.56. The molecule has 148 valence electrons. The van der Waals surface area contributed by atoms with Gasteiger partial charge in [0, 0.05) is 16.6 Å². The second-order valence-electron chi connectivity index (χ2n) is 6.86. The Bertz CT molecular complexity index is 887. The topological polar surface area (TPSA) is 68.2 Å². The Morgan fingerprint density at radius 2 is 2.11 bits per heavy atom. The van der Waals surface area contributed by atoms with Gasteiger partial charge in [-0.05, 0) is 55.7 Å². The van der Waals surface area contributed by atoms with Gasteiger partial charge in [-0.15, -0.1) is 0 Å². The first-order chi connectivity index (χ1) is 13.6. The summed E-state index contributed by atoms with van der Waals surface area (Å²) in [5.41, 5.74) is 1.89. The molecule has 2 aromatic rings. The lowest BCUT2D eigenvalue weighted by Gasteiger charge is -2.33. The molecule has 2 aliphatic rings. The number of nitrogens with zero attached hydrogens (tertiary/aromatic N) is 1. The minimum Gasteiger partial charge on any atom is -0.494 e. The van der Waals surface area contributed by atoms with Crippen LogP contribution in [0.2, 0.25) is 0 Å². The molecule has 2 aromatic carbocycles. The van der Waals surface area contributed by atoms with Crippen LogP contribution in [0, 0.1) is 0 Å². The smallest absolute Gasteiger partial charge is 0.320 e. The van der Waals surface area contributed by atoms with Crippen molar-refractivity contribution in [1.82, 2.24) is 4.90 Å². The van der Waals surface area contributed by atoms with Crippen LogP contribution in [-0.2, 0) is 4.79 Å². The number of rotatable bonds is 6. The zero-order chi connectivity index (χ0) is 19.7. The lowest BCUT2D eigenvalue weighted by molar-refractivity contribution is -0.142. The number of hydrogen-bond acceptors (Lipinski definition) is 5. The molecule has 0 radical (unpaired) electrons. The van der Waals surface area contributed by atoms with E-state index in [1.807, 2.05) is 48.2 Å². The molecule has 0 saturated carbocycles. The third-order valence-corrected chi connectivity index (χ3v) is 5.68. The Morgan fingerprint density at radius 3 is 2.89 bits per heavy atom. The van der Waals surface area contributed by atoms with Gasteiger partial charge in [0.2, 0.25) is 6.79 Å². The van der Waals surface area contributed by atoms with E-state index in [1.165, 1.54) is 0 Å². The van der Waals surface area contributed by atoms with E-state index < -0.39 is 12.0 Å². The predicted octanol–water partition coefficient (Wildman–Crippen LogP) is 4.21. The van der Waals surface area contributed by atoms with Crippen molar-refractivity contribution < 1.29 is 24.1 Å². The molecular formula is C21H22BrNO5. The standard InChI is InChI=1S/C21H22BrNO5/c1-2-26-17-8-6-14(22)11-15(17)20(23-9-3-4-16(23)21(24)25)13-5-7-18-19(10-13)28-12-27-18/h5-8,10-11,16,20H,2-4,9,12H2,1H3,(H,24,25). The van der Waals surface area contributed by atoms with Crippen LogP contribution in [0.1, 0.15) is 36.9 Å². The number of halogens is 1. The van der Waals surface area contributed by atoms with E-state index in [2.05, 4.69) is 15.9 Å². The molecule has 1 saturated heterocycles. The molecule has 2 unspecified atom stereocenters. The lowest BCUT2D eigenvalue weighted by Crippen LogP contribution is -2.39. The number of benzene rings is 2. The van der Waals surface area contributed by atoms with Crippen LogP contribution in [0.15, 0.2) is 40.9 Å². The summed E-state index contributed by atoms with van der Waals surface area (Å²) in [4.78, 5) is 14.0. The number of ether oxygens (including phenoxy) is 3. The van der Waals surface area contributed by atoms with Gasteiger partial charge in [0.1, 0.15) is 11.8 Å². The fourth-order valence-corrected chi connectivity index (χ4v) is 4.39. The van der Waals surface area contributed by atoms with Crippen LogP contribution in [0.5, 0.6) is 17.2 Å². The number of carboxylic acid groups (broad SMARTS) is 1. The second kappa shape index (κ2) is 8.01. The maximum atomic E-state index is 11.9. The number of likely N-dealkylation sites (tertiary alicyclic amines) is 1. The lowest BCUT2D eigenvalue weighted by atomic mass is 9.95. The van der Waals surface area contributed by atoms with Crippen LogP contribution in [0.3, 0.4) is 0 Å². The molecule has 0 amide bonds. The molecule has 0 aliphatic carbocycles. The normalized spacial score (nSPS) is 19.6. The molecule has 4 rings (SSSR count). The molecule has 1 fully saturated rings. The Hall–Kier alpha value is -2.25. The molecule has 1 N–H and O–H groups in total. The molecular weight excluding hydrogens is 426 g/mol. The summed E-state index contributed by atoms with van der Waals surface area (Å²) in [6.07, 6.45) is 1.48. The van der Waals surface area contributed by atoms with E-state index in [4.69, 9.17) is 14.2 Å². The highest BCUT2D eigenvalue weighted by atomic mass is 79.9. The Kier molecular flexibility index (Phi) is 5.46. The average Bonchev–Trinajstić information content (AvgIpc) is 3.33. The fourth-order valence-electron chi connectivity index (χ4n) is 4.02. The Balaban J connectivity index is 1.85. The highest BCUT2D eigenvalue weighted by molar-refractivity contribution is 9.10. The number of hydrogen-bond donors (Lipinski definition) is 1. The van der Waals surface area contributed by atoms with Gasteiger partial charge in [-0.2, -0.15) is 0 Å². The van der Waals surface area contributed by atoms with Crippen molar-refractivity contribution in [2.24, 2.45) is 0 Å². The first-order valence-electron chi connectivity index (χ1n) is 9.39. The number of carboxylic acids is 1. The zero-order valence-corrected chi connectivity index (χ0v) is 17.1. The first kappa shape index (κ1) is 19.1. The van der Waals surface area contributed by atoms with Crippen molar-refractivity contribution in [3.05, 3.63) is 52.0 Å². The third kappa shape index (κ3) is 3.56. The van der Waals surface area contributed by atoms with Crippen molar-refractivity contribution >= 4 is 21.9 Å². The van der Waals surface area contributed by atoms with Crippen LogP contribution in [0.4, 0.5) is 0 Å². The largest absolute Gasteiger partial charge is 0.494 e. The maximum Gasteiger partial charge on any atom is 0.320 e. The summed E-state index contributed by atoms with van der Waals surface area (Å²) in [5.74, 6) is 1.35. The Labute approximate surface area is 172 Å². The summed E-state index contributed by atoms with van der Waals surface area (Å²) in [5, 5.41) is 9.78. The van der Waals surface area contributed by atoms with Crippen molar-refractivity contribution in [3.63, 3.8) is 0 Å². The Morgan fingerprint density at radius 1 is 1.29 bits per heavy atom. The highest BCUT2D eigenvalue weighted by Crippen LogP contribution is 2.43. The van der Waals surface area contributed by atoms with E-state index in [9.17, 15) is 9.90 Å². The molecule has 7 heteroatoms. The number of carbonyl (C=O) groups is 1. The molecule has 2 atom stereocenters. The van der Waals surface area contributed by atoms with Crippen LogP contribution < -0.4 is 14.2 Å². The van der Waals surface area contributed by atoms with E-state index >= 15 is 0 Å². The highest BCUT2D eigenvalue weighted by Gasteiger charge is 2.38. The SMILES string of the molecule is CCOc1ccc(Br)cc1C(c1ccc2c(c1)OCO2)N1CCCC1C(=O)O. The minimum absolute atomic E-state index is 0.200. The van der Waals surface area contributed by atoms with Crippen molar-refractivity contribution in [1.29, 1.82) is 0 Å². The van der Waals surface area contributed by atoms with E-state index in [-0.39, 0.29) is 12.8 Å². The van der Waals surface area contributed by atoms with Gasteiger partial charge < -0.3 is 19.3 Å².